The summed E-state index contributed by atoms with van der Waals surface area (Å²) in [7, 11) is 0. The number of hydrogen-bond acceptors (Lipinski definition) is 3. The number of nitrogens with zero attached hydrogens (tertiary/aromatic N) is 2. The third-order valence-electron chi connectivity index (χ3n) is 7.17. The standard InChI is InChI=1S/C25H31N3O/c29-25(26-24-17-20-8-11-22(24)16-20)21-9-6-19(7-10-21)18-27-12-14-28(15-13-27)23-4-2-1-3-5-23/h1-7,9-10,20,22,24H,8,11-18H2,(H,26,29)/t20-,22+,24-/m0/s1. The monoisotopic (exact) mass is 389 g/mol. The van der Waals surface area contributed by atoms with Crippen molar-refractivity contribution in [1.82, 2.24) is 10.2 Å². The van der Waals surface area contributed by atoms with Gasteiger partial charge in [-0.05, 0) is 60.9 Å². The lowest BCUT2D eigenvalue weighted by Crippen LogP contribution is -2.45. The molecule has 1 heterocycles. The fraction of sp³-hybridized carbons (Fsp3) is 0.480. The Morgan fingerprint density at radius 3 is 2.31 bits per heavy atom. The molecule has 1 N–H and O–H groups in total. The fourth-order valence-corrected chi connectivity index (χ4v) is 5.50. The van der Waals surface area contributed by atoms with E-state index < -0.39 is 0 Å². The maximum atomic E-state index is 12.6. The molecule has 2 aromatic carbocycles. The molecule has 1 aliphatic heterocycles. The summed E-state index contributed by atoms with van der Waals surface area (Å²) >= 11 is 0. The minimum absolute atomic E-state index is 0.102. The van der Waals surface area contributed by atoms with Gasteiger partial charge in [0.05, 0.1) is 0 Å². The Labute approximate surface area is 173 Å². The van der Waals surface area contributed by atoms with Gasteiger partial charge < -0.3 is 10.2 Å². The highest BCUT2D eigenvalue weighted by Gasteiger charge is 2.40. The molecule has 0 spiro atoms. The Balaban J connectivity index is 1.12. The zero-order valence-corrected chi connectivity index (χ0v) is 17.1. The van der Waals surface area contributed by atoms with Crippen molar-refractivity contribution in [1.29, 1.82) is 0 Å². The minimum atomic E-state index is 0.102. The first-order chi connectivity index (χ1) is 14.2. The lowest BCUT2D eigenvalue weighted by molar-refractivity contribution is 0.0923. The smallest absolute Gasteiger partial charge is 0.251 e. The molecule has 152 valence electrons. The highest BCUT2D eigenvalue weighted by Crippen LogP contribution is 2.44. The van der Waals surface area contributed by atoms with Gasteiger partial charge in [-0.15, -0.1) is 0 Å². The lowest BCUT2D eigenvalue weighted by Gasteiger charge is -2.36. The number of carbonyl (C=O) groups excluding carboxylic acids is 1. The van der Waals surface area contributed by atoms with Gasteiger partial charge in [0.2, 0.25) is 0 Å². The van der Waals surface area contributed by atoms with Gasteiger partial charge in [-0.3, -0.25) is 9.69 Å². The van der Waals surface area contributed by atoms with E-state index in [-0.39, 0.29) is 5.91 Å². The number of carbonyl (C=O) groups is 1. The van der Waals surface area contributed by atoms with E-state index >= 15 is 0 Å². The molecule has 5 rings (SSSR count). The Bertz CT molecular complexity index is 827. The van der Waals surface area contributed by atoms with Crippen LogP contribution in [0, 0.1) is 11.8 Å². The summed E-state index contributed by atoms with van der Waals surface area (Å²) < 4.78 is 0. The summed E-state index contributed by atoms with van der Waals surface area (Å²) in [6.07, 6.45) is 5.17. The van der Waals surface area contributed by atoms with Gasteiger partial charge in [-0.1, -0.05) is 36.8 Å². The molecule has 29 heavy (non-hydrogen) atoms. The summed E-state index contributed by atoms with van der Waals surface area (Å²) in [6.45, 7) is 5.22. The van der Waals surface area contributed by atoms with Crippen LogP contribution in [-0.2, 0) is 6.54 Å². The second-order valence-electron chi connectivity index (χ2n) is 9.05. The van der Waals surface area contributed by atoms with Crippen LogP contribution in [0.25, 0.3) is 0 Å². The number of amides is 1. The number of rotatable bonds is 5. The number of para-hydroxylation sites is 1. The molecule has 1 amide bonds. The molecule has 4 heteroatoms. The van der Waals surface area contributed by atoms with Gasteiger partial charge in [-0.25, -0.2) is 0 Å². The zero-order chi connectivity index (χ0) is 19.6. The molecule has 1 saturated heterocycles. The average Bonchev–Trinajstić information content (AvgIpc) is 3.39. The molecule has 2 saturated carbocycles. The number of hydrogen-bond donors (Lipinski definition) is 1. The van der Waals surface area contributed by atoms with E-state index in [0.29, 0.717) is 6.04 Å². The molecular weight excluding hydrogens is 358 g/mol. The molecular formula is C25H31N3O. The molecule has 2 aliphatic carbocycles. The van der Waals surface area contributed by atoms with Gasteiger partial charge in [0, 0.05) is 50.0 Å². The Morgan fingerprint density at radius 1 is 0.897 bits per heavy atom. The number of piperazine rings is 1. The van der Waals surface area contributed by atoms with Crippen LogP contribution in [0.3, 0.4) is 0 Å². The van der Waals surface area contributed by atoms with Crippen LogP contribution >= 0.6 is 0 Å². The first-order valence-corrected chi connectivity index (χ1v) is 11.2. The van der Waals surface area contributed by atoms with Crippen molar-refractivity contribution in [2.45, 2.75) is 38.3 Å². The van der Waals surface area contributed by atoms with Crippen molar-refractivity contribution >= 4 is 11.6 Å². The van der Waals surface area contributed by atoms with Crippen LogP contribution in [0.5, 0.6) is 0 Å². The Morgan fingerprint density at radius 2 is 1.66 bits per heavy atom. The van der Waals surface area contributed by atoms with E-state index in [0.717, 1.165) is 50.1 Å². The van der Waals surface area contributed by atoms with Gasteiger partial charge >= 0.3 is 0 Å². The van der Waals surface area contributed by atoms with Crippen molar-refractivity contribution in [3.05, 3.63) is 65.7 Å². The molecule has 4 nitrogen and oxygen atoms in total. The highest BCUT2D eigenvalue weighted by atomic mass is 16.1. The van der Waals surface area contributed by atoms with Crippen LogP contribution in [0.1, 0.15) is 41.6 Å². The van der Waals surface area contributed by atoms with Crippen molar-refractivity contribution < 1.29 is 4.79 Å². The lowest BCUT2D eigenvalue weighted by atomic mass is 9.95. The third-order valence-corrected chi connectivity index (χ3v) is 7.17. The normalized spacial score (nSPS) is 26.6. The van der Waals surface area contributed by atoms with Crippen LogP contribution in [0.15, 0.2) is 54.6 Å². The van der Waals surface area contributed by atoms with Crippen LogP contribution in [0.4, 0.5) is 5.69 Å². The quantitative estimate of drug-likeness (QED) is 0.842. The molecule has 2 bridgehead atoms. The van der Waals surface area contributed by atoms with Crippen molar-refractivity contribution in [2.24, 2.45) is 11.8 Å². The van der Waals surface area contributed by atoms with Gasteiger partial charge in [0.15, 0.2) is 0 Å². The van der Waals surface area contributed by atoms with Crippen molar-refractivity contribution in [2.75, 3.05) is 31.1 Å². The van der Waals surface area contributed by atoms with Crippen LogP contribution in [-0.4, -0.2) is 43.0 Å². The van der Waals surface area contributed by atoms with E-state index in [1.54, 1.807) is 0 Å². The largest absolute Gasteiger partial charge is 0.369 e. The molecule has 2 aromatic rings. The third kappa shape index (κ3) is 4.18. The van der Waals surface area contributed by atoms with E-state index in [2.05, 4.69) is 57.6 Å². The van der Waals surface area contributed by atoms with Crippen molar-refractivity contribution in [3.8, 4) is 0 Å². The zero-order valence-electron chi connectivity index (χ0n) is 17.1. The number of fused-ring (bicyclic) bond motifs is 2. The van der Waals surface area contributed by atoms with Crippen LogP contribution < -0.4 is 10.2 Å². The van der Waals surface area contributed by atoms with Crippen molar-refractivity contribution in [3.63, 3.8) is 0 Å². The predicted octanol–water partition coefficient (Wildman–Crippen LogP) is 3.93. The van der Waals surface area contributed by atoms with E-state index in [9.17, 15) is 4.79 Å². The van der Waals surface area contributed by atoms with E-state index in [4.69, 9.17) is 0 Å². The maximum Gasteiger partial charge on any atom is 0.251 e. The molecule has 0 radical (unpaired) electrons. The first kappa shape index (κ1) is 18.7. The SMILES string of the molecule is O=C(N[C@H]1C[C@H]2CC[C@@H]1C2)c1ccc(CN2CCN(c3ccccc3)CC2)cc1. The first-order valence-electron chi connectivity index (χ1n) is 11.2. The molecule has 3 fully saturated rings. The number of anilines is 1. The topological polar surface area (TPSA) is 35.6 Å². The van der Waals surface area contributed by atoms with Gasteiger partial charge in [0.25, 0.3) is 5.91 Å². The predicted molar refractivity (Wildman–Crippen MR) is 117 cm³/mol. The molecule has 3 atom stereocenters. The van der Waals surface area contributed by atoms with E-state index in [1.807, 2.05) is 12.1 Å². The number of benzene rings is 2. The fourth-order valence-electron chi connectivity index (χ4n) is 5.50. The summed E-state index contributed by atoms with van der Waals surface area (Å²) in [5.74, 6) is 1.68. The van der Waals surface area contributed by atoms with E-state index in [1.165, 1.54) is 36.9 Å². The molecule has 0 aromatic heterocycles. The maximum absolute atomic E-state index is 12.6. The Kier molecular flexibility index (Phi) is 5.28. The second kappa shape index (κ2) is 8.19. The summed E-state index contributed by atoms with van der Waals surface area (Å²) in [5, 5.41) is 3.29. The average molecular weight is 390 g/mol. The summed E-state index contributed by atoms with van der Waals surface area (Å²) in [6, 6.07) is 19.3. The highest BCUT2D eigenvalue weighted by molar-refractivity contribution is 5.94. The van der Waals surface area contributed by atoms with Gasteiger partial charge in [0.1, 0.15) is 0 Å². The molecule has 3 aliphatic rings. The summed E-state index contributed by atoms with van der Waals surface area (Å²) in [4.78, 5) is 17.6. The number of nitrogens with one attached hydrogen (secondary N) is 1. The van der Waals surface area contributed by atoms with Crippen LogP contribution in [0.2, 0.25) is 0 Å². The second-order valence-corrected chi connectivity index (χ2v) is 9.05. The minimum Gasteiger partial charge on any atom is -0.369 e. The van der Waals surface area contributed by atoms with Gasteiger partial charge in [-0.2, -0.15) is 0 Å². The summed E-state index contributed by atoms with van der Waals surface area (Å²) in [5.41, 5.74) is 3.40. The molecule has 0 unspecified atom stereocenters. The Hall–Kier alpha value is -2.33.